The number of aromatic nitrogens is 4. The predicted molar refractivity (Wildman–Crippen MR) is 105 cm³/mol. The lowest BCUT2D eigenvalue weighted by atomic mass is 9.89. The van der Waals surface area contributed by atoms with Gasteiger partial charge in [0, 0.05) is 23.9 Å². The van der Waals surface area contributed by atoms with Gasteiger partial charge in [0.25, 0.3) is 0 Å². The molecule has 146 valence electrons. The Morgan fingerprint density at radius 1 is 1.14 bits per heavy atom. The van der Waals surface area contributed by atoms with Gasteiger partial charge in [0.2, 0.25) is 0 Å². The largest absolute Gasteiger partial charge is 0.461 e. The second kappa shape index (κ2) is 8.06. The first kappa shape index (κ1) is 18.6. The zero-order chi connectivity index (χ0) is 19.5. The maximum absolute atomic E-state index is 13.6. The first-order valence-electron chi connectivity index (χ1n) is 9.65. The fraction of sp³-hybridized carbons (Fsp3) is 0.381. The maximum atomic E-state index is 13.6. The first-order chi connectivity index (χ1) is 13.6. The smallest absolute Gasteiger partial charge is 0.318 e. The van der Waals surface area contributed by atoms with Gasteiger partial charge in [0.05, 0.1) is 11.8 Å². The van der Waals surface area contributed by atoms with Crippen LogP contribution in [0.5, 0.6) is 6.01 Å². The zero-order valence-electron chi connectivity index (χ0n) is 16.1. The summed E-state index contributed by atoms with van der Waals surface area (Å²) in [5, 5.41) is 3.40. The first-order valence-corrected chi connectivity index (χ1v) is 9.65. The molecule has 0 amide bonds. The average Bonchev–Trinajstić information content (AvgIpc) is 3.23. The Bertz CT molecular complexity index is 919. The lowest BCUT2D eigenvalue weighted by Gasteiger charge is -2.26. The minimum Gasteiger partial charge on any atom is -0.461 e. The van der Waals surface area contributed by atoms with E-state index < -0.39 is 0 Å². The molecule has 28 heavy (non-hydrogen) atoms. The van der Waals surface area contributed by atoms with Crippen molar-refractivity contribution in [2.75, 3.05) is 13.1 Å². The van der Waals surface area contributed by atoms with Crippen LogP contribution in [0.2, 0.25) is 0 Å². The van der Waals surface area contributed by atoms with Crippen LogP contribution in [-0.4, -0.2) is 38.7 Å². The number of benzene rings is 1. The van der Waals surface area contributed by atoms with Crippen molar-refractivity contribution in [3.8, 4) is 23.0 Å². The molecule has 0 spiro atoms. The van der Waals surface area contributed by atoms with Crippen LogP contribution >= 0.6 is 0 Å². The number of hydrogen-bond acceptors (Lipinski definition) is 5. The standard InChI is InChI=1S/C21H24FN5O/c1-14(2)28-21-25-19(16-7-9-23-10-8-16)18(15-3-5-17(22)6-4-15)20(26-21)27-12-11-24-13-27/h3-6,11-14,16,23H,7-10H2,1-2H3. The van der Waals surface area contributed by atoms with Gasteiger partial charge in [0.15, 0.2) is 5.82 Å². The van der Waals surface area contributed by atoms with Crippen LogP contribution in [0, 0.1) is 5.82 Å². The summed E-state index contributed by atoms with van der Waals surface area (Å²) in [5.41, 5.74) is 2.73. The van der Waals surface area contributed by atoms with Crippen LogP contribution < -0.4 is 10.1 Å². The van der Waals surface area contributed by atoms with Gasteiger partial charge < -0.3 is 10.1 Å². The van der Waals surface area contributed by atoms with Gasteiger partial charge in [0.1, 0.15) is 12.1 Å². The molecule has 0 bridgehead atoms. The van der Waals surface area contributed by atoms with Crippen molar-refractivity contribution in [3.05, 3.63) is 54.5 Å². The van der Waals surface area contributed by atoms with Crippen LogP contribution in [-0.2, 0) is 0 Å². The molecule has 1 N–H and O–H groups in total. The lowest BCUT2D eigenvalue weighted by molar-refractivity contribution is 0.220. The Hall–Kier alpha value is -2.80. The number of nitrogens with one attached hydrogen (secondary N) is 1. The second-order valence-corrected chi connectivity index (χ2v) is 7.26. The summed E-state index contributed by atoms with van der Waals surface area (Å²) in [6.07, 6.45) is 7.20. The van der Waals surface area contributed by atoms with Crippen LogP contribution in [0.3, 0.4) is 0 Å². The van der Waals surface area contributed by atoms with Gasteiger partial charge in [-0.25, -0.2) is 9.37 Å². The van der Waals surface area contributed by atoms with Crippen LogP contribution in [0.25, 0.3) is 16.9 Å². The molecule has 1 aromatic carbocycles. The summed E-state index contributed by atoms with van der Waals surface area (Å²) in [5.74, 6) is 0.710. The van der Waals surface area contributed by atoms with E-state index in [1.54, 1.807) is 24.7 Å². The van der Waals surface area contributed by atoms with Gasteiger partial charge in [-0.05, 0) is 57.5 Å². The summed E-state index contributed by atoms with van der Waals surface area (Å²) in [7, 11) is 0. The van der Waals surface area contributed by atoms with E-state index in [1.165, 1.54) is 12.1 Å². The Morgan fingerprint density at radius 3 is 2.54 bits per heavy atom. The fourth-order valence-electron chi connectivity index (χ4n) is 3.56. The summed E-state index contributed by atoms with van der Waals surface area (Å²) in [6, 6.07) is 6.86. The maximum Gasteiger partial charge on any atom is 0.318 e. The summed E-state index contributed by atoms with van der Waals surface area (Å²) < 4.78 is 21.3. The third kappa shape index (κ3) is 3.89. The lowest BCUT2D eigenvalue weighted by Crippen LogP contribution is -2.28. The van der Waals surface area contributed by atoms with E-state index in [4.69, 9.17) is 9.72 Å². The van der Waals surface area contributed by atoms with E-state index in [2.05, 4.69) is 15.3 Å². The van der Waals surface area contributed by atoms with Crippen LogP contribution in [0.4, 0.5) is 4.39 Å². The van der Waals surface area contributed by atoms with E-state index in [0.717, 1.165) is 42.8 Å². The molecule has 6 nitrogen and oxygen atoms in total. The van der Waals surface area contributed by atoms with Crippen molar-refractivity contribution in [3.63, 3.8) is 0 Å². The number of piperidine rings is 1. The minimum absolute atomic E-state index is 0.0341. The molecule has 1 saturated heterocycles. The van der Waals surface area contributed by atoms with Crippen LogP contribution in [0.1, 0.15) is 38.3 Å². The molecule has 3 heterocycles. The second-order valence-electron chi connectivity index (χ2n) is 7.26. The summed E-state index contributed by atoms with van der Waals surface area (Å²) in [4.78, 5) is 13.7. The van der Waals surface area contributed by atoms with Gasteiger partial charge in [-0.3, -0.25) is 4.57 Å². The van der Waals surface area contributed by atoms with Crippen molar-refractivity contribution < 1.29 is 9.13 Å². The molecule has 0 unspecified atom stereocenters. The van der Waals surface area contributed by atoms with Crippen molar-refractivity contribution in [2.24, 2.45) is 0 Å². The molecule has 1 fully saturated rings. The van der Waals surface area contributed by atoms with E-state index in [-0.39, 0.29) is 17.8 Å². The highest BCUT2D eigenvalue weighted by molar-refractivity contribution is 5.74. The quantitative estimate of drug-likeness (QED) is 0.730. The molecular formula is C21H24FN5O. The van der Waals surface area contributed by atoms with Crippen molar-refractivity contribution in [2.45, 2.75) is 38.7 Å². The monoisotopic (exact) mass is 381 g/mol. The highest BCUT2D eigenvalue weighted by Crippen LogP contribution is 2.37. The Kier molecular flexibility index (Phi) is 5.34. The molecule has 0 saturated carbocycles. The number of rotatable bonds is 5. The number of ether oxygens (including phenoxy) is 1. The van der Waals surface area contributed by atoms with E-state index in [0.29, 0.717) is 11.8 Å². The van der Waals surface area contributed by atoms with E-state index in [1.807, 2.05) is 24.6 Å². The SMILES string of the molecule is CC(C)Oc1nc(C2CCNCC2)c(-c2ccc(F)cc2)c(-n2ccnc2)n1. The number of halogens is 1. The van der Waals surface area contributed by atoms with Crippen molar-refractivity contribution in [1.29, 1.82) is 0 Å². The minimum atomic E-state index is -0.267. The molecule has 1 aliphatic heterocycles. The number of hydrogen-bond donors (Lipinski definition) is 1. The van der Waals surface area contributed by atoms with E-state index in [9.17, 15) is 4.39 Å². The zero-order valence-corrected chi connectivity index (χ0v) is 16.1. The molecule has 3 aromatic rings. The molecule has 2 aromatic heterocycles. The molecule has 0 aliphatic carbocycles. The van der Waals surface area contributed by atoms with Gasteiger partial charge in [-0.1, -0.05) is 12.1 Å². The fourth-order valence-corrected chi connectivity index (χ4v) is 3.56. The Labute approximate surface area is 163 Å². The molecule has 7 heteroatoms. The highest BCUT2D eigenvalue weighted by atomic mass is 19.1. The van der Waals surface area contributed by atoms with Crippen LogP contribution in [0.15, 0.2) is 43.0 Å². The molecular weight excluding hydrogens is 357 g/mol. The van der Waals surface area contributed by atoms with Gasteiger partial charge >= 0.3 is 6.01 Å². The van der Waals surface area contributed by atoms with Gasteiger partial charge in [-0.15, -0.1) is 0 Å². The molecule has 4 rings (SSSR count). The number of nitrogens with zero attached hydrogens (tertiary/aromatic N) is 4. The van der Waals surface area contributed by atoms with Gasteiger partial charge in [-0.2, -0.15) is 9.97 Å². The highest BCUT2D eigenvalue weighted by Gasteiger charge is 2.26. The molecule has 0 radical (unpaired) electrons. The van der Waals surface area contributed by atoms with Crippen molar-refractivity contribution in [1.82, 2.24) is 24.8 Å². The normalized spacial score (nSPS) is 15.1. The predicted octanol–water partition coefficient (Wildman–Crippen LogP) is 3.72. The Balaban J connectivity index is 1.94. The Morgan fingerprint density at radius 2 is 1.89 bits per heavy atom. The number of imidazole rings is 1. The molecule has 1 aliphatic rings. The van der Waals surface area contributed by atoms with Crippen molar-refractivity contribution >= 4 is 0 Å². The summed E-state index contributed by atoms with van der Waals surface area (Å²) in [6.45, 7) is 5.80. The average molecular weight is 381 g/mol. The van der Waals surface area contributed by atoms with E-state index >= 15 is 0 Å². The third-order valence-electron chi connectivity index (χ3n) is 4.85. The topological polar surface area (TPSA) is 64.9 Å². The third-order valence-corrected chi connectivity index (χ3v) is 4.85. The summed E-state index contributed by atoms with van der Waals surface area (Å²) >= 11 is 0. The molecule has 0 atom stereocenters.